The minimum Gasteiger partial charge on any atom is -0.388 e. The number of halogens is 5. The number of hydrogen-bond acceptors (Lipinski definition) is 5. The van der Waals surface area contributed by atoms with E-state index in [1.54, 1.807) is 0 Å². The van der Waals surface area contributed by atoms with Gasteiger partial charge in [-0.25, -0.2) is 27.3 Å². The van der Waals surface area contributed by atoms with Crippen molar-refractivity contribution in [1.29, 1.82) is 0 Å². The number of aromatic nitrogens is 1. The zero-order chi connectivity index (χ0) is 15.7. The van der Waals surface area contributed by atoms with Gasteiger partial charge in [-0.3, -0.25) is 0 Å². The zero-order valence-corrected chi connectivity index (χ0v) is 10.3. The molecule has 0 unspecified atom stereocenters. The largest absolute Gasteiger partial charge is 0.574 e. The fourth-order valence-electron chi connectivity index (χ4n) is 1.39. The van der Waals surface area contributed by atoms with Crippen molar-refractivity contribution in [2.45, 2.75) is 24.2 Å². The van der Waals surface area contributed by atoms with Gasteiger partial charge in [0.25, 0.3) is 6.43 Å². The molecule has 0 aliphatic rings. The Morgan fingerprint density at radius 3 is 2.25 bits per heavy atom. The normalized spacial score (nSPS) is 12.8. The summed E-state index contributed by atoms with van der Waals surface area (Å²) in [4.78, 5) is 1.92. The number of pyridine rings is 1. The lowest BCUT2D eigenvalue weighted by atomic mass is 10.1. The van der Waals surface area contributed by atoms with Crippen molar-refractivity contribution in [1.82, 2.24) is 4.98 Å². The van der Waals surface area contributed by atoms with E-state index in [2.05, 4.69) is 9.72 Å². The van der Waals surface area contributed by atoms with E-state index in [1.807, 2.05) is 0 Å². The average Bonchev–Trinajstić information content (AvgIpc) is 2.24. The van der Waals surface area contributed by atoms with E-state index < -0.39 is 51.3 Å². The van der Waals surface area contributed by atoms with Crippen LogP contribution in [0.5, 0.6) is 5.88 Å². The van der Waals surface area contributed by atoms with E-state index in [-0.39, 0.29) is 6.20 Å². The molecule has 1 heterocycles. The first-order chi connectivity index (χ1) is 8.97. The Kier molecular flexibility index (Phi) is 4.51. The molecule has 0 aliphatic carbocycles. The first-order valence-electron chi connectivity index (χ1n) is 4.76. The number of rotatable bonds is 4. The van der Waals surface area contributed by atoms with Crippen LogP contribution in [0.2, 0.25) is 0 Å². The first-order valence-corrected chi connectivity index (χ1v) is 6.30. The number of alkyl halides is 5. The van der Waals surface area contributed by atoms with Gasteiger partial charge >= 0.3 is 6.36 Å². The summed E-state index contributed by atoms with van der Waals surface area (Å²) in [7, 11) is -4.61. The summed E-state index contributed by atoms with van der Waals surface area (Å²) in [5.74, 6) is -1.25. The molecule has 4 N–H and O–H groups in total. The average molecular weight is 321 g/mol. The Morgan fingerprint density at radius 1 is 1.35 bits per heavy atom. The molecule has 0 saturated heterocycles. The van der Waals surface area contributed by atoms with Crippen LogP contribution in [0.3, 0.4) is 0 Å². The summed E-state index contributed by atoms with van der Waals surface area (Å²) in [6, 6.07) is 0. The van der Waals surface area contributed by atoms with E-state index in [0.29, 0.717) is 0 Å². The smallest absolute Gasteiger partial charge is 0.388 e. The van der Waals surface area contributed by atoms with Crippen molar-refractivity contribution in [2.75, 3.05) is 0 Å². The Bertz CT molecular complexity index is 602. The van der Waals surface area contributed by atoms with E-state index in [1.165, 1.54) is 0 Å². The third-order valence-electron chi connectivity index (χ3n) is 2.09. The monoisotopic (exact) mass is 321 g/mol. The van der Waals surface area contributed by atoms with Crippen molar-refractivity contribution in [3.8, 4) is 5.88 Å². The Balaban J connectivity index is 3.59. The highest BCUT2D eigenvalue weighted by molar-refractivity contribution is 7.89. The quantitative estimate of drug-likeness (QED) is 0.805. The summed E-state index contributed by atoms with van der Waals surface area (Å²) in [5.41, 5.74) is 2.92. The molecule has 114 valence electrons. The topological polar surface area (TPSA) is 108 Å². The molecule has 0 bridgehead atoms. The van der Waals surface area contributed by atoms with E-state index in [0.717, 1.165) is 0 Å². The molecule has 0 saturated carbocycles. The molecule has 0 spiro atoms. The number of primary sulfonamides is 1. The fraction of sp³-hybridized carbons (Fsp3) is 0.375. The molecule has 0 atom stereocenters. The standard InChI is InChI=1S/C8H8F5N3O3S/c9-6(10)5-3(1-14)7(19-8(11,12)13)16-2-4(5)20(15,17)18/h2,6H,1,14H2,(H2,15,17,18). The van der Waals surface area contributed by atoms with Gasteiger partial charge in [-0.1, -0.05) is 0 Å². The second-order valence-electron chi connectivity index (χ2n) is 3.42. The zero-order valence-electron chi connectivity index (χ0n) is 9.49. The van der Waals surface area contributed by atoms with Crippen LogP contribution in [-0.4, -0.2) is 19.8 Å². The van der Waals surface area contributed by atoms with Crippen LogP contribution in [0, 0.1) is 0 Å². The predicted molar refractivity (Wildman–Crippen MR) is 55.1 cm³/mol. The molecule has 0 aliphatic heterocycles. The lowest BCUT2D eigenvalue weighted by Crippen LogP contribution is -2.23. The maximum Gasteiger partial charge on any atom is 0.574 e. The molecule has 1 aromatic rings. The van der Waals surface area contributed by atoms with Gasteiger partial charge in [0.2, 0.25) is 15.9 Å². The molecular weight excluding hydrogens is 313 g/mol. The van der Waals surface area contributed by atoms with Crippen LogP contribution in [0.4, 0.5) is 22.0 Å². The maximum atomic E-state index is 12.9. The molecule has 20 heavy (non-hydrogen) atoms. The van der Waals surface area contributed by atoms with Gasteiger partial charge < -0.3 is 10.5 Å². The number of nitrogens with two attached hydrogens (primary N) is 2. The van der Waals surface area contributed by atoms with Crippen molar-refractivity contribution < 1.29 is 35.1 Å². The van der Waals surface area contributed by atoms with Crippen LogP contribution < -0.4 is 15.6 Å². The highest BCUT2D eigenvalue weighted by Crippen LogP contribution is 2.35. The molecule has 6 nitrogen and oxygen atoms in total. The van der Waals surface area contributed by atoms with Gasteiger partial charge in [-0.2, -0.15) is 0 Å². The summed E-state index contributed by atoms with van der Waals surface area (Å²) < 4.78 is 87.7. The van der Waals surface area contributed by atoms with Crippen LogP contribution in [0.15, 0.2) is 11.1 Å². The van der Waals surface area contributed by atoms with Crippen LogP contribution >= 0.6 is 0 Å². The summed E-state index contributed by atoms with van der Waals surface area (Å²) in [6.07, 6.45) is -8.36. The van der Waals surface area contributed by atoms with Gasteiger partial charge in [-0.05, 0) is 0 Å². The molecular formula is C8H8F5N3O3S. The van der Waals surface area contributed by atoms with Crippen molar-refractivity contribution in [2.24, 2.45) is 10.9 Å². The van der Waals surface area contributed by atoms with Gasteiger partial charge in [0.05, 0.1) is 6.20 Å². The molecule has 1 rings (SSSR count). The minimum absolute atomic E-state index is 0.261. The third kappa shape index (κ3) is 3.74. The summed E-state index contributed by atoms with van der Waals surface area (Å²) >= 11 is 0. The third-order valence-corrected chi connectivity index (χ3v) is 3.03. The summed E-state index contributed by atoms with van der Waals surface area (Å²) in [5, 5.41) is 4.69. The molecule has 0 amide bonds. The summed E-state index contributed by atoms with van der Waals surface area (Å²) in [6.45, 7) is -0.846. The van der Waals surface area contributed by atoms with Crippen LogP contribution in [-0.2, 0) is 16.6 Å². The Morgan fingerprint density at radius 2 is 1.90 bits per heavy atom. The van der Waals surface area contributed by atoms with Crippen molar-refractivity contribution in [3.63, 3.8) is 0 Å². The van der Waals surface area contributed by atoms with E-state index in [9.17, 15) is 30.4 Å². The number of sulfonamides is 1. The molecule has 0 aromatic carbocycles. The Hall–Kier alpha value is -1.53. The van der Waals surface area contributed by atoms with Gasteiger partial charge in [0.1, 0.15) is 4.90 Å². The first kappa shape index (κ1) is 16.5. The Labute approximate surface area is 109 Å². The highest BCUT2D eigenvalue weighted by atomic mass is 32.2. The number of ether oxygens (including phenoxy) is 1. The van der Waals surface area contributed by atoms with Gasteiger partial charge in [0.15, 0.2) is 0 Å². The number of nitrogens with zero attached hydrogens (tertiary/aromatic N) is 1. The van der Waals surface area contributed by atoms with Crippen LogP contribution in [0.1, 0.15) is 17.6 Å². The second kappa shape index (κ2) is 5.46. The molecule has 1 aromatic heterocycles. The molecule has 12 heteroatoms. The predicted octanol–water partition coefficient (Wildman–Crippen LogP) is 1.02. The van der Waals surface area contributed by atoms with Gasteiger partial charge in [-0.15, -0.1) is 13.2 Å². The van der Waals surface area contributed by atoms with E-state index in [4.69, 9.17) is 10.9 Å². The minimum atomic E-state index is -5.20. The lowest BCUT2D eigenvalue weighted by molar-refractivity contribution is -0.276. The fourth-order valence-corrected chi connectivity index (χ4v) is 2.11. The van der Waals surface area contributed by atoms with E-state index >= 15 is 0 Å². The van der Waals surface area contributed by atoms with Crippen molar-refractivity contribution >= 4 is 10.0 Å². The number of hydrogen-bond donors (Lipinski definition) is 2. The van der Waals surface area contributed by atoms with Crippen molar-refractivity contribution in [3.05, 3.63) is 17.3 Å². The molecule has 0 radical (unpaired) electrons. The van der Waals surface area contributed by atoms with Gasteiger partial charge in [0, 0.05) is 17.7 Å². The highest BCUT2D eigenvalue weighted by Gasteiger charge is 2.35. The maximum absolute atomic E-state index is 12.9. The van der Waals surface area contributed by atoms with Crippen LogP contribution in [0.25, 0.3) is 0 Å². The second-order valence-corrected chi connectivity index (χ2v) is 4.95. The lowest BCUT2D eigenvalue weighted by Gasteiger charge is -2.16. The SMILES string of the molecule is NCc1c(OC(F)(F)F)ncc(S(N)(=O)=O)c1C(F)F. The molecule has 0 fully saturated rings.